The van der Waals surface area contributed by atoms with Crippen molar-refractivity contribution in [2.75, 3.05) is 13.2 Å². The summed E-state index contributed by atoms with van der Waals surface area (Å²) in [6.07, 6.45) is 15.0. The topological polar surface area (TPSA) is 89.9 Å². The van der Waals surface area contributed by atoms with Gasteiger partial charge in [0.1, 0.15) is 0 Å². The normalized spacial score (nSPS) is 10.2. The fraction of sp³-hybridized carbons (Fsp3) is 0.679. The summed E-state index contributed by atoms with van der Waals surface area (Å²) in [6, 6.07) is 6.59. The number of carboxylic acid groups (broad SMARTS) is 1. The van der Waals surface area contributed by atoms with Crippen LogP contribution in [-0.4, -0.2) is 36.2 Å². The summed E-state index contributed by atoms with van der Waals surface area (Å²) in [5, 5.41) is 8.41. The van der Waals surface area contributed by atoms with Crippen LogP contribution < -0.4 is 0 Å². The molecule has 0 aromatic heterocycles. The summed E-state index contributed by atoms with van der Waals surface area (Å²) in [5.41, 5.74) is 0.537. The number of unbranched alkanes of at least 4 members (excludes halogenated alkanes) is 10. The monoisotopic (exact) mass is 478 g/mol. The second-order valence-electron chi connectivity index (χ2n) is 8.50. The van der Waals surface area contributed by atoms with Gasteiger partial charge in [-0.25, -0.2) is 9.59 Å². The Kier molecular flexibility index (Phi) is 20.9. The molecule has 194 valence electrons. The van der Waals surface area contributed by atoms with Crippen LogP contribution in [0.5, 0.6) is 0 Å². The zero-order chi connectivity index (χ0) is 25.4. The van der Waals surface area contributed by atoms with E-state index in [9.17, 15) is 14.4 Å². The molecule has 6 nitrogen and oxygen atoms in total. The van der Waals surface area contributed by atoms with E-state index in [1.807, 2.05) is 13.8 Å². The molecule has 6 heteroatoms. The largest absolute Gasteiger partial charge is 0.481 e. The van der Waals surface area contributed by atoms with E-state index >= 15 is 0 Å². The smallest absolute Gasteiger partial charge is 0.339 e. The van der Waals surface area contributed by atoms with Gasteiger partial charge in [0.15, 0.2) is 0 Å². The van der Waals surface area contributed by atoms with Crippen LogP contribution in [0.1, 0.15) is 131 Å². The summed E-state index contributed by atoms with van der Waals surface area (Å²) < 4.78 is 10.3. The Hall–Kier alpha value is -2.37. The van der Waals surface area contributed by atoms with E-state index in [4.69, 9.17) is 14.6 Å². The van der Waals surface area contributed by atoms with E-state index in [2.05, 4.69) is 6.92 Å². The number of benzene rings is 1. The van der Waals surface area contributed by atoms with E-state index in [0.717, 1.165) is 38.5 Å². The third kappa shape index (κ3) is 17.2. The summed E-state index contributed by atoms with van der Waals surface area (Å²) in [6.45, 7) is 7.01. The summed E-state index contributed by atoms with van der Waals surface area (Å²) >= 11 is 0. The van der Waals surface area contributed by atoms with Gasteiger partial charge in [0.25, 0.3) is 0 Å². The zero-order valence-electron chi connectivity index (χ0n) is 21.6. The molecule has 1 rings (SSSR count). The van der Waals surface area contributed by atoms with Crippen molar-refractivity contribution >= 4 is 17.9 Å². The third-order valence-electron chi connectivity index (χ3n) is 5.32. The second kappa shape index (κ2) is 22.4. The van der Waals surface area contributed by atoms with Crippen LogP contribution in [0.3, 0.4) is 0 Å². The van der Waals surface area contributed by atoms with Crippen LogP contribution in [0.25, 0.3) is 0 Å². The van der Waals surface area contributed by atoms with E-state index in [-0.39, 0.29) is 11.1 Å². The minimum Gasteiger partial charge on any atom is -0.481 e. The molecule has 0 heterocycles. The number of carboxylic acids is 1. The molecular weight excluding hydrogens is 432 g/mol. The first-order valence-electron chi connectivity index (χ1n) is 13.1. The van der Waals surface area contributed by atoms with Gasteiger partial charge in [0.2, 0.25) is 0 Å². The maximum absolute atomic E-state index is 11.9. The third-order valence-corrected chi connectivity index (χ3v) is 5.32. The van der Waals surface area contributed by atoms with Gasteiger partial charge in [-0.3, -0.25) is 4.79 Å². The Morgan fingerprint density at radius 3 is 1.38 bits per heavy atom. The molecule has 0 saturated carbocycles. The molecule has 0 radical (unpaired) electrons. The minimum atomic E-state index is -0.659. The Balaban J connectivity index is 0.000000686. The van der Waals surface area contributed by atoms with Crippen molar-refractivity contribution in [1.29, 1.82) is 0 Å². The highest BCUT2D eigenvalue weighted by molar-refractivity contribution is 6.03. The lowest BCUT2D eigenvalue weighted by Crippen LogP contribution is -2.14. The lowest BCUT2D eigenvalue weighted by atomic mass is 10.1. The lowest BCUT2D eigenvalue weighted by molar-refractivity contribution is -0.137. The Labute approximate surface area is 206 Å². The van der Waals surface area contributed by atoms with Crippen molar-refractivity contribution in [2.45, 2.75) is 111 Å². The predicted molar refractivity (Wildman–Crippen MR) is 136 cm³/mol. The molecule has 0 bridgehead atoms. The number of aliphatic carboxylic acids is 1. The first-order valence-corrected chi connectivity index (χ1v) is 13.1. The SMILES string of the molecule is CCCCCCCCCCCC(=O)O.CCCCOC(=O)c1ccccc1C(=O)OCCCC. The minimum absolute atomic E-state index is 0.269. The maximum Gasteiger partial charge on any atom is 0.339 e. The highest BCUT2D eigenvalue weighted by Gasteiger charge is 2.18. The van der Waals surface area contributed by atoms with Gasteiger partial charge in [0, 0.05) is 6.42 Å². The molecule has 0 fully saturated rings. The molecule has 0 aliphatic carbocycles. The van der Waals surface area contributed by atoms with Gasteiger partial charge >= 0.3 is 17.9 Å². The van der Waals surface area contributed by atoms with E-state index in [0.29, 0.717) is 19.6 Å². The Bertz CT molecular complexity index is 630. The van der Waals surface area contributed by atoms with Crippen LogP contribution >= 0.6 is 0 Å². The van der Waals surface area contributed by atoms with Crippen molar-refractivity contribution in [3.8, 4) is 0 Å². The first kappa shape index (κ1) is 31.6. The number of carbonyl (C=O) groups is 3. The molecule has 0 amide bonds. The van der Waals surface area contributed by atoms with E-state index in [1.165, 1.54) is 44.9 Å². The quantitative estimate of drug-likeness (QED) is 0.173. The van der Waals surface area contributed by atoms with Gasteiger partial charge in [-0.15, -0.1) is 0 Å². The first-order chi connectivity index (χ1) is 16.5. The fourth-order valence-corrected chi connectivity index (χ4v) is 3.20. The van der Waals surface area contributed by atoms with Crippen LogP contribution in [0.15, 0.2) is 24.3 Å². The standard InChI is InChI=1S/C16H22O4.C12H24O2/c1-3-5-11-19-15(17)13-9-7-8-10-14(13)16(18)20-12-6-4-2;1-2-3-4-5-6-7-8-9-10-11-12(13)14/h7-10H,3-6,11-12H2,1-2H3;2-11H2,1H3,(H,13,14). The fourth-order valence-electron chi connectivity index (χ4n) is 3.20. The highest BCUT2D eigenvalue weighted by Crippen LogP contribution is 2.13. The average molecular weight is 479 g/mol. The number of rotatable bonds is 18. The molecule has 0 saturated heterocycles. The molecule has 0 aliphatic rings. The van der Waals surface area contributed by atoms with Crippen molar-refractivity contribution < 1.29 is 29.0 Å². The molecule has 0 spiro atoms. The van der Waals surface area contributed by atoms with Crippen molar-refractivity contribution in [3.63, 3.8) is 0 Å². The van der Waals surface area contributed by atoms with Crippen molar-refractivity contribution in [2.24, 2.45) is 0 Å². The van der Waals surface area contributed by atoms with Crippen LogP contribution in [0.2, 0.25) is 0 Å². The second-order valence-corrected chi connectivity index (χ2v) is 8.50. The van der Waals surface area contributed by atoms with Crippen LogP contribution in [-0.2, 0) is 14.3 Å². The average Bonchev–Trinajstić information content (AvgIpc) is 2.83. The maximum atomic E-state index is 11.9. The van der Waals surface area contributed by atoms with Gasteiger partial charge in [-0.2, -0.15) is 0 Å². The molecule has 1 aromatic carbocycles. The predicted octanol–water partition coefficient (Wildman–Crippen LogP) is 7.59. The number of hydrogen-bond donors (Lipinski definition) is 1. The summed E-state index contributed by atoms with van der Waals surface area (Å²) in [4.78, 5) is 34.1. The molecule has 1 N–H and O–H groups in total. The van der Waals surface area contributed by atoms with Gasteiger partial charge in [0.05, 0.1) is 24.3 Å². The molecular formula is C28H46O6. The van der Waals surface area contributed by atoms with Crippen molar-refractivity contribution in [3.05, 3.63) is 35.4 Å². The molecule has 0 unspecified atom stereocenters. The summed E-state index contributed by atoms with van der Waals surface area (Å²) in [7, 11) is 0. The number of hydrogen-bond acceptors (Lipinski definition) is 5. The van der Waals surface area contributed by atoms with Crippen LogP contribution in [0, 0.1) is 0 Å². The molecule has 1 aromatic rings. The molecule has 0 aliphatic heterocycles. The van der Waals surface area contributed by atoms with Crippen LogP contribution in [0.4, 0.5) is 0 Å². The summed E-state index contributed by atoms with van der Waals surface area (Å²) in [5.74, 6) is -1.60. The number of carbonyl (C=O) groups excluding carboxylic acids is 2. The Morgan fingerprint density at radius 1 is 0.618 bits per heavy atom. The van der Waals surface area contributed by atoms with Gasteiger partial charge in [-0.1, -0.05) is 97.1 Å². The molecule has 0 atom stereocenters. The van der Waals surface area contributed by atoms with Gasteiger partial charge in [-0.05, 0) is 31.4 Å². The Morgan fingerprint density at radius 2 is 1.00 bits per heavy atom. The van der Waals surface area contributed by atoms with Crippen molar-refractivity contribution in [1.82, 2.24) is 0 Å². The number of ether oxygens (including phenoxy) is 2. The van der Waals surface area contributed by atoms with Gasteiger partial charge < -0.3 is 14.6 Å². The van der Waals surface area contributed by atoms with E-state index in [1.54, 1.807) is 24.3 Å². The highest BCUT2D eigenvalue weighted by atomic mass is 16.5. The van der Waals surface area contributed by atoms with E-state index < -0.39 is 17.9 Å². The lowest BCUT2D eigenvalue weighted by Gasteiger charge is -2.09. The molecule has 34 heavy (non-hydrogen) atoms. The zero-order valence-corrected chi connectivity index (χ0v) is 21.6. The number of esters is 2.